The van der Waals surface area contributed by atoms with Gasteiger partial charge in [-0.15, -0.1) is 0 Å². The third-order valence-electron chi connectivity index (χ3n) is 3.50. The lowest BCUT2D eigenvalue weighted by molar-refractivity contribution is -0.134. The quantitative estimate of drug-likeness (QED) is 0.903. The van der Waals surface area contributed by atoms with Gasteiger partial charge in [-0.3, -0.25) is 9.59 Å². The van der Waals surface area contributed by atoms with Crippen LogP contribution in [0.5, 0.6) is 0 Å². The monoisotopic (exact) mass is 275 g/mol. The lowest BCUT2D eigenvalue weighted by atomic mass is 10.1. The Bertz CT molecular complexity index is 511. The zero-order valence-electron chi connectivity index (χ0n) is 11.2. The molecule has 0 aliphatic carbocycles. The molecule has 1 heterocycles. The Hall–Kier alpha value is -2.17. The maximum Gasteiger partial charge on any atom is 0.335 e. The normalized spacial score (nSPS) is 15.2. The highest BCUT2D eigenvalue weighted by Crippen LogP contribution is 2.11. The first-order valence-electron chi connectivity index (χ1n) is 6.68. The third kappa shape index (κ3) is 3.66. The van der Waals surface area contributed by atoms with Crippen molar-refractivity contribution in [1.29, 1.82) is 0 Å². The summed E-state index contributed by atoms with van der Waals surface area (Å²) in [6.45, 7) is 1.05. The number of carboxylic acid groups (broad SMARTS) is 1. The average Bonchev–Trinajstić information content (AvgIpc) is 2.46. The molecule has 20 heavy (non-hydrogen) atoms. The van der Waals surface area contributed by atoms with Gasteiger partial charge in [-0.2, -0.15) is 0 Å². The number of benzene rings is 1. The number of Topliss-reactive ketones (excluding diaryl/α,β-unsaturated/α-hetero) is 1. The van der Waals surface area contributed by atoms with Gasteiger partial charge < -0.3 is 10.0 Å². The standard InChI is InChI=1S/C15H17NO4/c17-13-7-9-16(10-8-13)14(18)6-3-11-1-4-12(5-2-11)15(19)20/h1-2,4-5H,3,6-10H2,(H,19,20). The fraction of sp³-hybridized carbons (Fsp3) is 0.400. The zero-order chi connectivity index (χ0) is 14.5. The number of carboxylic acids is 1. The van der Waals surface area contributed by atoms with Gasteiger partial charge in [0.2, 0.25) is 5.91 Å². The van der Waals surface area contributed by atoms with Crippen molar-refractivity contribution in [3.05, 3.63) is 35.4 Å². The molecule has 0 atom stereocenters. The van der Waals surface area contributed by atoms with Crippen LogP contribution in [0.15, 0.2) is 24.3 Å². The molecule has 0 unspecified atom stereocenters. The molecule has 5 nitrogen and oxygen atoms in total. The molecule has 1 N–H and O–H groups in total. The first kappa shape index (κ1) is 14.2. The van der Waals surface area contributed by atoms with Crippen molar-refractivity contribution >= 4 is 17.7 Å². The summed E-state index contributed by atoms with van der Waals surface area (Å²) < 4.78 is 0. The Labute approximate surface area is 117 Å². The molecular weight excluding hydrogens is 258 g/mol. The Balaban J connectivity index is 1.84. The van der Waals surface area contributed by atoms with E-state index in [0.717, 1.165) is 5.56 Å². The van der Waals surface area contributed by atoms with Gasteiger partial charge in [-0.1, -0.05) is 12.1 Å². The van der Waals surface area contributed by atoms with E-state index >= 15 is 0 Å². The van der Waals surface area contributed by atoms with Gasteiger partial charge in [0, 0.05) is 32.4 Å². The minimum absolute atomic E-state index is 0.0554. The minimum Gasteiger partial charge on any atom is -0.478 e. The van der Waals surface area contributed by atoms with Crippen LogP contribution in [-0.2, 0) is 16.0 Å². The summed E-state index contributed by atoms with van der Waals surface area (Å²) >= 11 is 0. The van der Waals surface area contributed by atoms with Crippen molar-refractivity contribution in [2.24, 2.45) is 0 Å². The van der Waals surface area contributed by atoms with Crippen LogP contribution in [0, 0.1) is 0 Å². The maximum absolute atomic E-state index is 12.0. The summed E-state index contributed by atoms with van der Waals surface area (Å²) in [7, 11) is 0. The van der Waals surface area contributed by atoms with Gasteiger partial charge in [-0.25, -0.2) is 4.79 Å². The van der Waals surface area contributed by atoms with E-state index in [1.54, 1.807) is 29.2 Å². The number of aromatic carboxylic acids is 1. The van der Waals surface area contributed by atoms with Crippen molar-refractivity contribution in [1.82, 2.24) is 4.90 Å². The fourth-order valence-corrected chi connectivity index (χ4v) is 2.23. The molecule has 5 heteroatoms. The van der Waals surface area contributed by atoms with E-state index < -0.39 is 5.97 Å². The first-order chi connectivity index (χ1) is 9.56. The number of nitrogens with zero attached hydrogens (tertiary/aromatic N) is 1. The summed E-state index contributed by atoms with van der Waals surface area (Å²) in [6, 6.07) is 6.55. The highest BCUT2D eigenvalue weighted by atomic mass is 16.4. The van der Waals surface area contributed by atoms with E-state index in [4.69, 9.17) is 5.11 Å². The van der Waals surface area contributed by atoms with Crippen LogP contribution < -0.4 is 0 Å². The lowest BCUT2D eigenvalue weighted by Gasteiger charge is -2.26. The summed E-state index contributed by atoms with van der Waals surface area (Å²) in [4.78, 5) is 35.5. The molecule has 0 bridgehead atoms. The van der Waals surface area contributed by atoms with Crippen molar-refractivity contribution in [2.75, 3.05) is 13.1 Å². The van der Waals surface area contributed by atoms with Crippen molar-refractivity contribution < 1.29 is 19.5 Å². The van der Waals surface area contributed by atoms with Gasteiger partial charge in [0.15, 0.2) is 0 Å². The summed E-state index contributed by atoms with van der Waals surface area (Å²) in [6.07, 6.45) is 1.89. The van der Waals surface area contributed by atoms with E-state index in [0.29, 0.717) is 38.8 Å². The van der Waals surface area contributed by atoms with Crippen LogP contribution >= 0.6 is 0 Å². The number of hydrogen-bond donors (Lipinski definition) is 1. The lowest BCUT2D eigenvalue weighted by Crippen LogP contribution is -2.38. The van der Waals surface area contributed by atoms with Crippen LogP contribution in [0.3, 0.4) is 0 Å². The molecule has 106 valence electrons. The summed E-state index contributed by atoms with van der Waals surface area (Å²) in [5.41, 5.74) is 1.19. The molecule has 1 fully saturated rings. The Morgan fingerprint density at radius 2 is 1.70 bits per heavy atom. The Kier molecular flexibility index (Phi) is 4.50. The molecule has 1 aromatic rings. The number of carbonyl (C=O) groups excluding carboxylic acids is 2. The highest BCUT2D eigenvalue weighted by molar-refractivity contribution is 5.87. The molecule has 0 radical (unpaired) electrons. The number of likely N-dealkylation sites (tertiary alicyclic amines) is 1. The smallest absolute Gasteiger partial charge is 0.335 e. The topological polar surface area (TPSA) is 74.7 Å². The Morgan fingerprint density at radius 1 is 1.10 bits per heavy atom. The van der Waals surface area contributed by atoms with Crippen LogP contribution in [0.1, 0.15) is 35.2 Å². The SMILES string of the molecule is O=C1CCN(C(=O)CCc2ccc(C(=O)O)cc2)CC1. The number of piperidine rings is 1. The second kappa shape index (κ2) is 6.32. The van der Waals surface area contributed by atoms with E-state index in [2.05, 4.69) is 0 Å². The predicted octanol–water partition coefficient (Wildman–Crippen LogP) is 1.51. The molecule has 0 spiro atoms. The molecule has 1 aliphatic rings. The number of carbonyl (C=O) groups is 3. The second-order valence-electron chi connectivity index (χ2n) is 4.92. The number of rotatable bonds is 4. The van der Waals surface area contributed by atoms with Crippen LogP contribution in [0.4, 0.5) is 0 Å². The number of aryl methyl sites for hydroxylation is 1. The van der Waals surface area contributed by atoms with Gasteiger partial charge in [-0.05, 0) is 24.1 Å². The van der Waals surface area contributed by atoms with E-state index in [1.807, 2.05) is 0 Å². The van der Waals surface area contributed by atoms with Gasteiger partial charge in [0.1, 0.15) is 5.78 Å². The van der Waals surface area contributed by atoms with E-state index in [9.17, 15) is 14.4 Å². The van der Waals surface area contributed by atoms with Crippen LogP contribution in [-0.4, -0.2) is 40.8 Å². The molecule has 2 rings (SSSR count). The van der Waals surface area contributed by atoms with Gasteiger partial charge in [0.25, 0.3) is 0 Å². The van der Waals surface area contributed by atoms with Crippen molar-refractivity contribution in [3.8, 4) is 0 Å². The van der Waals surface area contributed by atoms with Gasteiger partial charge in [0.05, 0.1) is 5.56 Å². The van der Waals surface area contributed by atoms with E-state index in [-0.39, 0.29) is 17.3 Å². The second-order valence-corrected chi connectivity index (χ2v) is 4.92. The molecule has 1 aromatic carbocycles. The fourth-order valence-electron chi connectivity index (χ4n) is 2.23. The number of ketones is 1. The minimum atomic E-state index is -0.953. The highest BCUT2D eigenvalue weighted by Gasteiger charge is 2.20. The molecule has 0 saturated carbocycles. The third-order valence-corrected chi connectivity index (χ3v) is 3.50. The van der Waals surface area contributed by atoms with Crippen LogP contribution in [0.25, 0.3) is 0 Å². The summed E-state index contributed by atoms with van der Waals surface area (Å²) in [5, 5.41) is 8.80. The number of amides is 1. The van der Waals surface area contributed by atoms with Crippen molar-refractivity contribution in [2.45, 2.75) is 25.7 Å². The van der Waals surface area contributed by atoms with Gasteiger partial charge >= 0.3 is 5.97 Å². The maximum atomic E-state index is 12.0. The first-order valence-corrected chi connectivity index (χ1v) is 6.68. The number of hydrogen-bond acceptors (Lipinski definition) is 3. The largest absolute Gasteiger partial charge is 0.478 e. The summed E-state index contributed by atoms with van der Waals surface area (Å²) in [5.74, 6) is -0.677. The average molecular weight is 275 g/mol. The molecule has 1 amide bonds. The molecule has 1 saturated heterocycles. The molecular formula is C15H17NO4. The predicted molar refractivity (Wildman–Crippen MR) is 72.5 cm³/mol. The molecule has 0 aromatic heterocycles. The Morgan fingerprint density at radius 3 is 2.25 bits per heavy atom. The molecule has 1 aliphatic heterocycles. The zero-order valence-corrected chi connectivity index (χ0v) is 11.2. The van der Waals surface area contributed by atoms with E-state index in [1.165, 1.54) is 0 Å². The van der Waals surface area contributed by atoms with Crippen LogP contribution in [0.2, 0.25) is 0 Å². The van der Waals surface area contributed by atoms with Crippen molar-refractivity contribution in [3.63, 3.8) is 0 Å².